The molecular weight excluding hydrogens is 490 g/mol. The lowest BCUT2D eigenvalue weighted by molar-refractivity contribution is -0.122. The van der Waals surface area contributed by atoms with E-state index in [9.17, 15) is 19.2 Å². The van der Waals surface area contributed by atoms with Crippen molar-refractivity contribution >= 4 is 45.4 Å². The van der Waals surface area contributed by atoms with E-state index >= 15 is 0 Å². The summed E-state index contributed by atoms with van der Waals surface area (Å²) in [5.41, 5.74) is 2.69. The van der Waals surface area contributed by atoms with Crippen molar-refractivity contribution in [2.45, 2.75) is 13.0 Å². The largest absolute Gasteiger partial charge is 0.369 e. The average Bonchev–Trinajstić information content (AvgIpc) is 3.05. The van der Waals surface area contributed by atoms with Gasteiger partial charge in [-0.05, 0) is 42.0 Å². The van der Waals surface area contributed by atoms with E-state index in [-0.39, 0.29) is 24.1 Å². The number of halogens is 1. The number of piperazine rings is 1. The number of fused-ring (bicyclic) bond motifs is 1. The Labute approximate surface area is 199 Å². The fourth-order valence-electron chi connectivity index (χ4n) is 4.41. The van der Waals surface area contributed by atoms with Crippen molar-refractivity contribution in [1.82, 2.24) is 20.2 Å². The van der Waals surface area contributed by atoms with E-state index in [4.69, 9.17) is 0 Å². The predicted octanol–water partition coefficient (Wildman–Crippen LogP) is 2.22. The molecule has 0 radical (unpaired) electrons. The number of carbonyl (C=O) groups excluding carboxylic acids is 4. The van der Waals surface area contributed by atoms with Crippen LogP contribution in [-0.2, 0) is 11.3 Å². The van der Waals surface area contributed by atoms with Gasteiger partial charge < -0.3 is 4.90 Å². The summed E-state index contributed by atoms with van der Waals surface area (Å²) in [4.78, 5) is 54.0. The second kappa shape index (κ2) is 8.60. The lowest BCUT2D eigenvalue weighted by Gasteiger charge is -2.36. The van der Waals surface area contributed by atoms with Crippen molar-refractivity contribution in [2.75, 3.05) is 37.6 Å². The van der Waals surface area contributed by atoms with Crippen molar-refractivity contribution < 1.29 is 19.2 Å². The molecule has 2 fully saturated rings. The molecule has 170 valence electrons. The van der Waals surface area contributed by atoms with E-state index < -0.39 is 23.8 Å². The molecule has 2 aromatic carbocycles. The minimum atomic E-state index is -0.760. The predicted molar refractivity (Wildman–Crippen MR) is 123 cm³/mol. The number of nitrogens with zero attached hydrogens (tertiary/aromatic N) is 4. The summed E-state index contributed by atoms with van der Waals surface area (Å²) in [6.45, 7) is 4.23. The highest BCUT2D eigenvalue weighted by Gasteiger charge is 2.43. The van der Waals surface area contributed by atoms with Crippen LogP contribution >= 0.6 is 15.9 Å². The second-order valence-corrected chi connectivity index (χ2v) is 9.18. The SMILES string of the molecule is O=C1CCN(N2C(=O)c3ccc(CN4CCN(c5ccc(Br)cc5)CC4)cc3C2=O)C(=O)N1. The van der Waals surface area contributed by atoms with Gasteiger partial charge in [-0.25, -0.2) is 9.80 Å². The summed E-state index contributed by atoms with van der Waals surface area (Å²) >= 11 is 3.47. The maximum atomic E-state index is 13.0. The third-order valence-corrected chi connectivity index (χ3v) is 6.70. The van der Waals surface area contributed by atoms with Gasteiger partial charge in [0.25, 0.3) is 11.8 Å². The molecule has 5 rings (SSSR count). The van der Waals surface area contributed by atoms with Gasteiger partial charge in [0, 0.05) is 49.3 Å². The Hall–Kier alpha value is -3.24. The van der Waals surface area contributed by atoms with E-state index in [1.54, 1.807) is 12.1 Å². The Kier molecular flexibility index (Phi) is 5.63. The van der Waals surface area contributed by atoms with Crippen molar-refractivity contribution in [3.8, 4) is 0 Å². The molecule has 0 aromatic heterocycles. The molecule has 0 aliphatic carbocycles. The maximum Gasteiger partial charge on any atom is 0.343 e. The molecule has 3 aliphatic heterocycles. The summed E-state index contributed by atoms with van der Waals surface area (Å²) in [6, 6.07) is 12.8. The van der Waals surface area contributed by atoms with Crippen molar-refractivity contribution in [1.29, 1.82) is 0 Å². The monoisotopic (exact) mass is 511 g/mol. The van der Waals surface area contributed by atoms with Crippen LogP contribution in [0.25, 0.3) is 0 Å². The number of imide groups is 2. The standard InChI is InChI=1S/C23H22BrN5O4/c24-16-2-4-17(5-3-16)27-11-9-26(10-12-27)14-15-1-6-18-19(13-15)22(32)29(21(18)31)28-8-7-20(30)25-23(28)33/h1-6,13H,7-12,14H2,(H,25,30,33). The zero-order valence-corrected chi connectivity index (χ0v) is 19.4. The number of benzene rings is 2. The number of hydrazine groups is 1. The van der Waals surface area contributed by atoms with E-state index in [1.807, 2.05) is 18.2 Å². The summed E-state index contributed by atoms with van der Waals surface area (Å²) < 4.78 is 1.06. The Morgan fingerprint density at radius 2 is 1.52 bits per heavy atom. The summed E-state index contributed by atoms with van der Waals surface area (Å²) in [5, 5.41) is 3.99. The van der Waals surface area contributed by atoms with Gasteiger partial charge in [0.05, 0.1) is 17.7 Å². The number of carbonyl (C=O) groups is 4. The average molecular weight is 512 g/mol. The fraction of sp³-hybridized carbons (Fsp3) is 0.304. The van der Waals surface area contributed by atoms with Gasteiger partial charge in [-0.2, -0.15) is 5.01 Å². The molecular formula is C23H22BrN5O4. The molecule has 33 heavy (non-hydrogen) atoms. The van der Waals surface area contributed by atoms with Gasteiger partial charge in [0.15, 0.2) is 0 Å². The minimum Gasteiger partial charge on any atom is -0.369 e. The van der Waals surface area contributed by atoms with Gasteiger partial charge in [-0.15, -0.1) is 0 Å². The summed E-state index contributed by atoms with van der Waals surface area (Å²) in [7, 11) is 0. The van der Waals surface area contributed by atoms with Gasteiger partial charge in [0.2, 0.25) is 5.91 Å². The molecule has 2 aromatic rings. The quantitative estimate of drug-likeness (QED) is 0.632. The molecule has 10 heteroatoms. The lowest BCUT2D eigenvalue weighted by Crippen LogP contribution is -2.58. The molecule has 0 saturated carbocycles. The van der Waals surface area contributed by atoms with E-state index in [1.165, 1.54) is 5.69 Å². The smallest absolute Gasteiger partial charge is 0.343 e. The molecule has 3 aliphatic rings. The first-order valence-corrected chi connectivity index (χ1v) is 11.6. The van der Waals surface area contributed by atoms with Gasteiger partial charge in [0.1, 0.15) is 0 Å². The van der Waals surface area contributed by atoms with Gasteiger partial charge in [-0.1, -0.05) is 22.0 Å². The van der Waals surface area contributed by atoms with Crippen LogP contribution in [0.5, 0.6) is 0 Å². The highest BCUT2D eigenvalue weighted by Crippen LogP contribution is 2.27. The molecule has 0 bridgehead atoms. The normalized spacial score (nSPS) is 19.2. The molecule has 9 nitrogen and oxygen atoms in total. The fourth-order valence-corrected chi connectivity index (χ4v) is 4.68. The van der Waals surface area contributed by atoms with Crippen LogP contribution in [0, 0.1) is 0 Å². The van der Waals surface area contributed by atoms with E-state index in [0.29, 0.717) is 6.54 Å². The number of hydrogen-bond donors (Lipinski definition) is 1. The number of amides is 5. The van der Waals surface area contributed by atoms with Gasteiger partial charge >= 0.3 is 6.03 Å². The highest BCUT2D eigenvalue weighted by molar-refractivity contribution is 9.10. The molecule has 0 unspecified atom stereocenters. The molecule has 3 heterocycles. The zero-order valence-electron chi connectivity index (χ0n) is 17.8. The maximum absolute atomic E-state index is 13.0. The summed E-state index contributed by atoms with van der Waals surface area (Å²) in [5.74, 6) is -1.51. The number of rotatable bonds is 4. The Morgan fingerprint density at radius 1 is 0.818 bits per heavy atom. The lowest BCUT2D eigenvalue weighted by atomic mass is 10.1. The second-order valence-electron chi connectivity index (χ2n) is 8.27. The first kappa shape index (κ1) is 21.6. The van der Waals surface area contributed by atoms with Crippen molar-refractivity contribution in [3.05, 3.63) is 63.6 Å². The van der Waals surface area contributed by atoms with Crippen LogP contribution in [0.1, 0.15) is 32.7 Å². The van der Waals surface area contributed by atoms with Crippen LogP contribution in [-0.4, -0.2) is 71.4 Å². The number of urea groups is 1. The molecule has 2 saturated heterocycles. The first-order valence-electron chi connectivity index (χ1n) is 10.8. The van der Waals surface area contributed by atoms with Crippen LogP contribution in [0.15, 0.2) is 46.9 Å². The van der Waals surface area contributed by atoms with Gasteiger partial charge in [-0.3, -0.25) is 24.6 Å². The van der Waals surface area contributed by atoms with E-state index in [2.05, 4.69) is 43.2 Å². The van der Waals surface area contributed by atoms with Crippen LogP contribution in [0.3, 0.4) is 0 Å². The Bertz CT molecular complexity index is 1140. The molecule has 1 N–H and O–H groups in total. The Balaban J connectivity index is 1.25. The minimum absolute atomic E-state index is 0.00830. The van der Waals surface area contributed by atoms with Crippen molar-refractivity contribution in [2.24, 2.45) is 0 Å². The van der Waals surface area contributed by atoms with E-state index in [0.717, 1.165) is 46.2 Å². The van der Waals surface area contributed by atoms with Crippen LogP contribution in [0.4, 0.5) is 10.5 Å². The third kappa shape index (κ3) is 4.11. The number of hydrogen-bond acceptors (Lipinski definition) is 6. The highest BCUT2D eigenvalue weighted by atomic mass is 79.9. The third-order valence-electron chi connectivity index (χ3n) is 6.17. The zero-order chi connectivity index (χ0) is 23.1. The first-order chi connectivity index (χ1) is 15.9. The Morgan fingerprint density at radius 3 is 2.21 bits per heavy atom. The number of nitrogens with one attached hydrogen (secondary N) is 1. The summed E-state index contributed by atoms with van der Waals surface area (Å²) in [6.07, 6.45) is 0.0383. The molecule has 5 amide bonds. The molecule has 0 spiro atoms. The van der Waals surface area contributed by atoms with Crippen molar-refractivity contribution in [3.63, 3.8) is 0 Å². The number of anilines is 1. The topological polar surface area (TPSA) is 93.3 Å². The van der Waals surface area contributed by atoms with Crippen LogP contribution < -0.4 is 10.2 Å². The van der Waals surface area contributed by atoms with Crippen LogP contribution in [0.2, 0.25) is 0 Å². The molecule has 0 atom stereocenters.